The fourth-order valence-electron chi connectivity index (χ4n) is 7.69. The highest BCUT2D eigenvalue weighted by atomic mass is 16.5. The van der Waals surface area contributed by atoms with Gasteiger partial charge in [-0.3, -0.25) is 19.7 Å². The SMILES string of the molecule is C=C[C@H]1C=CC2C3C[C@H](C)CC[C@H]3[C@@H]3Oc4ccc(cc4)C[C@@H]4C(=O)NC(=O)[C@H]4C(=O)[C@@H]1C23. The van der Waals surface area contributed by atoms with Gasteiger partial charge in [-0.15, -0.1) is 6.58 Å². The molecule has 10 atom stereocenters. The molecule has 5 heteroatoms. The number of allylic oxidation sites excluding steroid dienone is 3. The van der Waals surface area contributed by atoms with Gasteiger partial charge in [-0.2, -0.15) is 0 Å². The first-order chi connectivity index (χ1) is 16.0. The van der Waals surface area contributed by atoms with E-state index >= 15 is 0 Å². The van der Waals surface area contributed by atoms with Crippen LogP contribution in [0.25, 0.3) is 0 Å². The van der Waals surface area contributed by atoms with Crippen molar-refractivity contribution in [2.75, 3.05) is 0 Å². The standard InChI is InChI=1S/C28H31NO4/c1-3-16-7-11-18-20-12-14(2)4-10-19(20)26-23(18)22(16)25(30)24-21(27(31)29-28(24)32)13-15-5-8-17(33-26)9-6-15/h3,5-9,11,14,16,18-24,26H,1,4,10,12-13H2,2H3,(H,29,31,32)/t14-,16+,18?,19-,20?,21+,22+,23?,24-,26+/m1/s1. The van der Waals surface area contributed by atoms with E-state index in [0.29, 0.717) is 24.2 Å². The van der Waals surface area contributed by atoms with Crippen molar-refractivity contribution in [3.05, 3.63) is 54.6 Å². The lowest BCUT2D eigenvalue weighted by atomic mass is 9.64. The Morgan fingerprint density at radius 1 is 1.03 bits per heavy atom. The fourth-order valence-corrected chi connectivity index (χ4v) is 7.69. The van der Waals surface area contributed by atoms with Crippen LogP contribution in [-0.4, -0.2) is 23.7 Å². The molecule has 1 N–H and O–H groups in total. The van der Waals surface area contributed by atoms with Crippen molar-refractivity contribution in [3.63, 3.8) is 0 Å². The molecule has 7 rings (SSSR count). The summed E-state index contributed by atoms with van der Waals surface area (Å²) in [6.45, 7) is 6.35. The molecule has 6 aliphatic rings. The van der Waals surface area contributed by atoms with Crippen LogP contribution in [0.1, 0.15) is 31.7 Å². The van der Waals surface area contributed by atoms with Crippen LogP contribution in [0.2, 0.25) is 0 Å². The zero-order valence-electron chi connectivity index (χ0n) is 19.0. The first-order valence-electron chi connectivity index (χ1n) is 12.4. The molecule has 3 aliphatic heterocycles. The number of rotatable bonds is 1. The smallest absolute Gasteiger partial charge is 0.237 e. The van der Waals surface area contributed by atoms with Gasteiger partial charge in [0.1, 0.15) is 17.8 Å². The van der Waals surface area contributed by atoms with Gasteiger partial charge in [-0.1, -0.05) is 43.7 Å². The molecule has 2 bridgehead atoms. The third kappa shape index (κ3) is 3.15. The number of amides is 2. The summed E-state index contributed by atoms with van der Waals surface area (Å²) in [6.07, 6.45) is 9.95. The van der Waals surface area contributed by atoms with Crippen LogP contribution in [0, 0.1) is 53.3 Å². The number of hydrogen-bond donors (Lipinski definition) is 1. The summed E-state index contributed by atoms with van der Waals surface area (Å²) in [6, 6.07) is 7.89. The summed E-state index contributed by atoms with van der Waals surface area (Å²) < 4.78 is 6.72. The molecule has 1 aromatic carbocycles. The van der Waals surface area contributed by atoms with E-state index in [9.17, 15) is 14.4 Å². The maximum atomic E-state index is 14.2. The number of benzene rings is 1. The quantitative estimate of drug-likeness (QED) is 0.406. The third-order valence-corrected chi connectivity index (χ3v) is 9.17. The topological polar surface area (TPSA) is 72.5 Å². The van der Waals surface area contributed by atoms with E-state index in [1.54, 1.807) is 0 Å². The van der Waals surface area contributed by atoms with Crippen LogP contribution < -0.4 is 10.1 Å². The molecule has 2 saturated carbocycles. The van der Waals surface area contributed by atoms with Crippen molar-refractivity contribution in [3.8, 4) is 5.75 Å². The summed E-state index contributed by atoms with van der Waals surface area (Å²) in [7, 11) is 0. The number of Topliss-reactive ketones (excluding diaryl/α,β-unsaturated/α-hetero) is 1. The molecule has 1 aromatic rings. The number of ketones is 1. The molecule has 2 amide bonds. The predicted octanol–water partition coefficient (Wildman–Crippen LogP) is 3.73. The number of carbonyl (C=O) groups is 3. The van der Waals surface area contributed by atoms with E-state index in [2.05, 4.69) is 31.0 Å². The molecule has 3 aliphatic carbocycles. The molecule has 172 valence electrons. The number of hydrogen-bond acceptors (Lipinski definition) is 4. The van der Waals surface area contributed by atoms with Crippen LogP contribution in [0.3, 0.4) is 0 Å². The van der Waals surface area contributed by atoms with Gasteiger partial charge >= 0.3 is 0 Å². The molecule has 33 heavy (non-hydrogen) atoms. The van der Waals surface area contributed by atoms with E-state index in [0.717, 1.165) is 24.2 Å². The molecule has 0 radical (unpaired) electrons. The van der Waals surface area contributed by atoms with Gasteiger partial charge in [0.15, 0.2) is 5.78 Å². The summed E-state index contributed by atoms with van der Waals surface area (Å²) in [5.74, 6) is -0.483. The van der Waals surface area contributed by atoms with Gasteiger partial charge in [-0.25, -0.2) is 0 Å². The third-order valence-electron chi connectivity index (χ3n) is 9.17. The number of imide groups is 1. The minimum Gasteiger partial charge on any atom is -0.490 e. The Bertz CT molecular complexity index is 1040. The number of ether oxygens (including phenoxy) is 1. The minimum absolute atomic E-state index is 0.0194. The van der Waals surface area contributed by atoms with Crippen molar-refractivity contribution in [2.24, 2.45) is 53.3 Å². The molecular weight excluding hydrogens is 414 g/mol. The van der Waals surface area contributed by atoms with E-state index in [1.807, 2.05) is 30.3 Å². The van der Waals surface area contributed by atoms with Crippen LogP contribution in [0.15, 0.2) is 49.1 Å². The minimum atomic E-state index is -0.946. The Labute approximate surface area is 194 Å². The van der Waals surface area contributed by atoms with E-state index in [1.165, 1.54) is 6.42 Å². The maximum absolute atomic E-state index is 14.2. The van der Waals surface area contributed by atoms with Gasteiger partial charge in [0.2, 0.25) is 11.8 Å². The molecule has 0 aromatic heterocycles. The molecule has 3 heterocycles. The van der Waals surface area contributed by atoms with Gasteiger partial charge in [0.25, 0.3) is 0 Å². The number of fused-ring (bicyclic) bond motifs is 4. The second-order valence-corrected chi connectivity index (χ2v) is 10.9. The van der Waals surface area contributed by atoms with Crippen molar-refractivity contribution in [1.29, 1.82) is 0 Å². The summed E-state index contributed by atoms with van der Waals surface area (Å²) in [5.41, 5.74) is 0.935. The van der Waals surface area contributed by atoms with E-state index in [4.69, 9.17) is 4.74 Å². The highest BCUT2D eigenvalue weighted by Gasteiger charge is 2.60. The maximum Gasteiger partial charge on any atom is 0.237 e. The molecular formula is C28H31NO4. The molecule has 3 fully saturated rings. The van der Waals surface area contributed by atoms with Crippen LogP contribution in [0.5, 0.6) is 5.75 Å². The first kappa shape index (κ1) is 20.9. The van der Waals surface area contributed by atoms with Crippen LogP contribution in [-0.2, 0) is 20.8 Å². The summed E-state index contributed by atoms with van der Waals surface area (Å²) >= 11 is 0. The van der Waals surface area contributed by atoms with Gasteiger partial charge in [0.05, 0.1) is 5.92 Å². The van der Waals surface area contributed by atoms with Crippen molar-refractivity contribution in [1.82, 2.24) is 5.32 Å². The summed E-state index contributed by atoms with van der Waals surface area (Å²) in [4.78, 5) is 39.9. The lowest BCUT2D eigenvalue weighted by Gasteiger charge is -2.39. The van der Waals surface area contributed by atoms with Crippen molar-refractivity contribution >= 4 is 17.6 Å². The van der Waals surface area contributed by atoms with Gasteiger partial charge < -0.3 is 4.74 Å². The Balaban J connectivity index is 1.51. The fraction of sp³-hybridized carbons (Fsp3) is 0.536. The first-order valence-corrected chi connectivity index (χ1v) is 12.4. The van der Waals surface area contributed by atoms with Crippen LogP contribution in [0.4, 0.5) is 0 Å². The molecule has 3 unspecified atom stereocenters. The Morgan fingerprint density at radius 2 is 1.82 bits per heavy atom. The zero-order chi connectivity index (χ0) is 22.9. The van der Waals surface area contributed by atoms with Gasteiger partial charge in [0, 0.05) is 17.8 Å². The van der Waals surface area contributed by atoms with Crippen molar-refractivity contribution < 1.29 is 19.1 Å². The second-order valence-electron chi connectivity index (χ2n) is 10.9. The largest absolute Gasteiger partial charge is 0.490 e. The monoisotopic (exact) mass is 445 g/mol. The lowest BCUT2D eigenvalue weighted by Crippen LogP contribution is -2.46. The summed E-state index contributed by atoms with van der Waals surface area (Å²) in [5, 5.41) is 2.46. The van der Waals surface area contributed by atoms with Gasteiger partial charge in [-0.05, 0) is 60.6 Å². The van der Waals surface area contributed by atoms with Crippen molar-refractivity contribution in [2.45, 2.75) is 38.7 Å². The predicted molar refractivity (Wildman–Crippen MR) is 123 cm³/mol. The Kier molecular flexibility index (Phi) is 4.86. The molecule has 0 spiro atoms. The van der Waals surface area contributed by atoms with E-state index < -0.39 is 23.7 Å². The normalized spacial score (nSPS) is 43.5. The number of carbonyl (C=O) groups excluding carboxylic acids is 3. The Hall–Kier alpha value is -2.69. The highest BCUT2D eigenvalue weighted by Crippen LogP contribution is 2.58. The molecule has 5 nitrogen and oxygen atoms in total. The average molecular weight is 446 g/mol. The lowest BCUT2D eigenvalue weighted by molar-refractivity contribution is -0.139. The van der Waals surface area contributed by atoms with Crippen LogP contribution >= 0.6 is 0 Å². The zero-order valence-corrected chi connectivity index (χ0v) is 19.0. The average Bonchev–Trinajstić information content (AvgIpc) is 3.25. The Morgan fingerprint density at radius 3 is 2.58 bits per heavy atom. The number of nitrogens with one attached hydrogen (secondary N) is 1. The highest BCUT2D eigenvalue weighted by molar-refractivity contribution is 6.16. The second kappa shape index (κ2) is 7.68. The molecule has 1 saturated heterocycles. The van der Waals surface area contributed by atoms with E-state index in [-0.39, 0.29) is 35.5 Å².